The smallest absolute Gasteiger partial charge is 0.475 e. The topological polar surface area (TPSA) is 149 Å². The molecule has 2 aromatic heterocycles. The average Bonchev–Trinajstić information content (AvgIpc) is 3.03. The first-order chi connectivity index (χ1) is 18.3. The Kier molecular flexibility index (Phi) is 11.9. The lowest BCUT2D eigenvalue weighted by Crippen LogP contribution is -2.26. The molecule has 1 amide bonds. The number of pyridine rings is 1. The molecule has 0 aliphatic carbocycles. The Morgan fingerprint density at radius 1 is 1.02 bits per heavy atom. The van der Waals surface area contributed by atoms with Crippen LogP contribution in [-0.2, 0) is 29.0 Å². The van der Waals surface area contributed by atoms with Crippen LogP contribution in [-0.4, -0.2) is 89.7 Å². The molecule has 0 bridgehead atoms. The van der Waals surface area contributed by atoms with E-state index in [1.54, 1.807) is 7.05 Å². The number of hydrogen-bond donors (Lipinski definition) is 3. The number of hydrogen-bond acceptors (Lipinski definition) is 8. The number of aryl methyl sites for hydroxylation is 2. The van der Waals surface area contributed by atoms with E-state index < -0.39 is 24.3 Å². The summed E-state index contributed by atoms with van der Waals surface area (Å²) >= 11 is 0. The summed E-state index contributed by atoms with van der Waals surface area (Å²) in [5.74, 6) is -4.00. The minimum atomic E-state index is -5.08. The van der Waals surface area contributed by atoms with E-state index in [1.807, 2.05) is 38.9 Å². The number of carboxylic acid groups (broad SMARTS) is 2. The zero-order chi connectivity index (χ0) is 31.0. The maximum atomic E-state index is 12.3. The molecular formula is C23H29F6N5O6. The molecule has 0 unspecified atom stereocenters. The Labute approximate surface area is 224 Å². The summed E-state index contributed by atoms with van der Waals surface area (Å²) in [7, 11) is 5.49. The Bertz CT molecular complexity index is 1150. The second-order valence-corrected chi connectivity index (χ2v) is 8.62. The van der Waals surface area contributed by atoms with E-state index >= 15 is 0 Å². The molecule has 3 rings (SSSR count). The molecule has 0 saturated carbocycles. The zero-order valence-electron chi connectivity index (χ0n) is 22.2. The molecule has 1 aliphatic heterocycles. The van der Waals surface area contributed by atoms with Gasteiger partial charge >= 0.3 is 24.3 Å². The fourth-order valence-corrected chi connectivity index (χ4v) is 3.42. The summed E-state index contributed by atoms with van der Waals surface area (Å²) in [5.41, 5.74) is 5.01. The third-order valence-electron chi connectivity index (χ3n) is 5.48. The van der Waals surface area contributed by atoms with E-state index in [4.69, 9.17) is 29.3 Å². The van der Waals surface area contributed by atoms with Crippen molar-refractivity contribution < 1.29 is 55.5 Å². The third-order valence-corrected chi connectivity index (χ3v) is 5.48. The number of aliphatic carboxylic acids is 2. The van der Waals surface area contributed by atoms with Crippen LogP contribution in [0.5, 0.6) is 0 Å². The second kappa shape index (κ2) is 14.0. The third kappa shape index (κ3) is 10.0. The quantitative estimate of drug-likeness (QED) is 0.457. The number of carbonyl (C=O) groups excluding carboxylic acids is 1. The molecule has 11 nitrogen and oxygen atoms in total. The van der Waals surface area contributed by atoms with Gasteiger partial charge in [0.15, 0.2) is 0 Å². The van der Waals surface area contributed by atoms with E-state index in [-0.39, 0.29) is 5.91 Å². The number of anilines is 1. The van der Waals surface area contributed by atoms with Crippen LogP contribution in [0, 0.1) is 13.8 Å². The van der Waals surface area contributed by atoms with Gasteiger partial charge in [0.25, 0.3) is 5.91 Å². The van der Waals surface area contributed by atoms with Crippen LogP contribution in [0.3, 0.4) is 0 Å². The van der Waals surface area contributed by atoms with Crippen molar-refractivity contribution in [3.05, 3.63) is 39.9 Å². The van der Waals surface area contributed by atoms with E-state index in [9.17, 15) is 31.1 Å². The number of carboxylic acids is 2. The number of nitrogens with zero attached hydrogens (tertiary/aromatic N) is 4. The number of amides is 1. The number of halogens is 6. The average molecular weight is 586 g/mol. The number of alkyl halides is 6. The first-order valence-corrected chi connectivity index (χ1v) is 11.5. The minimum absolute atomic E-state index is 0.0965. The van der Waals surface area contributed by atoms with Crippen LogP contribution in [0.4, 0.5) is 32.2 Å². The number of carbonyl (C=O) groups is 3. The maximum absolute atomic E-state index is 12.3. The van der Waals surface area contributed by atoms with Crippen LogP contribution in [0.25, 0.3) is 0 Å². The summed E-state index contributed by atoms with van der Waals surface area (Å²) < 4.78 is 68.8. The van der Waals surface area contributed by atoms with Crippen molar-refractivity contribution in [3.63, 3.8) is 0 Å². The Balaban J connectivity index is 0.000000473. The molecule has 0 atom stereocenters. The zero-order valence-corrected chi connectivity index (χ0v) is 22.2. The van der Waals surface area contributed by atoms with Gasteiger partial charge < -0.3 is 25.0 Å². The Hall–Kier alpha value is -3.89. The lowest BCUT2D eigenvalue weighted by atomic mass is 10.0. The standard InChI is InChI=1S/C19H27N5O2.2C2HF3O2/c1-12-16(13(2)26-22-12)11-24-8-6-14-10-15(19(25)20-3)18(23(4)5)21-17(14)7-9-24;2*3-2(4,5)1(6)7/h10H,6-9,11H2,1-5H3,(H,20,25);2*(H,6,7). The highest BCUT2D eigenvalue weighted by molar-refractivity contribution is 5.99. The molecule has 3 heterocycles. The monoisotopic (exact) mass is 585 g/mol. The fourth-order valence-electron chi connectivity index (χ4n) is 3.42. The van der Waals surface area contributed by atoms with E-state index in [0.717, 1.165) is 61.0 Å². The van der Waals surface area contributed by atoms with Crippen molar-refractivity contribution in [1.82, 2.24) is 20.4 Å². The minimum Gasteiger partial charge on any atom is -0.475 e. The van der Waals surface area contributed by atoms with Gasteiger partial charge in [0.2, 0.25) is 0 Å². The van der Waals surface area contributed by atoms with Crippen molar-refractivity contribution in [3.8, 4) is 0 Å². The number of rotatable bonds is 4. The summed E-state index contributed by atoms with van der Waals surface area (Å²) in [6.07, 6.45) is -8.42. The van der Waals surface area contributed by atoms with Crippen LogP contribution in [0.1, 0.15) is 38.6 Å². The van der Waals surface area contributed by atoms with Gasteiger partial charge in [-0.15, -0.1) is 0 Å². The molecular weight excluding hydrogens is 556 g/mol. The largest absolute Gasteiger partial charge is 0.490 e. The first kappa shape index (κ1) is 34.1. The normalized spacial score (nSPS) is 13.5. The summed E-state index contributed by atoms with van der Waals surface area (Å²) in [5, 5.41) is 21.0. The van der Waals surface area contributed by atoms with Gasteiger partial charge in [-0.25, -0.2) is 14.6 Å². The van der Waals surface area contributed by atoms with Crippen molar-refractivity contribution in [2.75, 3.05) is 39.1 Å². The molecule has 3 N–H and O–H groups in total. The number of fused-ring (bicyclic) bond motifs is 1. The summed E-state index contributed by atoms with van der Waals surface area (Å²) in [4.78, 5) is 39.2. The van der Waals surface area contributed by atoms with Crippen LogP contribution in [0.2, 0.25) is 0 Å². The summed E-state index contributed by atoms with van der Waals surface area (Å²) in [6.45, 7) is 6.63. The molecule has 1 aliphatic rings. The maximum Gasteiger partial charge on any atom is 0.490 e. The van der Waals surface area contributed by atoms with E-state index in [1.165, 1.54) is 5.56 Å². The Morgan fingerprint density at radius 2 is 1.52 bits per heavy atom. The molecule has 224 valence electrons. The van der Waals surface area contributed by atoms with Crippen LogP contribution >= 0.6 is 0 Å². The van der Waals surface area contributed by atoms with Gasteiger partial charge in [-0.1, -0.05) is 5.16 Å². The van der Waals surface area contributed by atoms with Crippen LogP contribution < -0.4 is 10.2 Å². The fraction of sp³-hybridized carbons (Fsp3) is 0.522. The highest BCUT2D eigenvalue weighted by Crippen LogP contribution is 2.24. The van der Waals surface area contributed by atoms with Gasteiger partial charge in [0.1, 0.15) is 11.6 Å². The molecule has 0 fully saturated rings. The predicted molar refractivity (Wildman–Crippen MR) is 128 cm³/mol. The lowest BCUT2D eigenvalue weighted by Gasteiger charge is -2.19. The number of nitrogens with one attached hydrogen (secondary N) is 1. The molecule has 0 radical (unpaired) electrons. The van der Waals surface area contributed by atoms with E-state index in [0.29, 0.717) is 5.56 Å². The molecule has 0 saturated heterocycles. The summed E-state index contributed by atoms with van der Waals surface area (Å²) in [6, 6.07) is 2.01. The van der Waals surface area contributed by atoms with Crippen molar-refractivity contribution in [2.45, 2.75) is 45.6 Å². The van der Waals surface area contributed by atoms with Gasteiger partial charge in [-0.2, -0.15) is 26.3 Å². The lowest BCUT2D eigenvalue weighted by molar-refractivity contribution is -0.193. The van der Waals surface area contributed by atoms with Crippen LogP contribution in [0.15, 0.2) is 10.6 Å². The Morgan fingerprint density at radius 3 is 1.93 bits per heavy atom. The number of aromatic nitrogens is 2. The van der Waals surface area contributed by atoms with Gasteiger partial charge in [0, 0.05) is 58.5 Å². The molecule has 40 heavy (non-hydrogen) atoms. The van der Waals surface area contributed by atoms with Gasteiger partial charge in [-0.05, 0) is 31.9 Å². The second-order valence-electron chi connectivity index (χ2n) is 8.62. The van der Waals surface area contributed by atoms with Crippen molar-refractivity contribution in [2.24, 2.45) is 0 Å². The highest BCUT2D eigenvalue weighted by atomic mass is 19.4. The van der Waals surface area contributed by atoms with E-state index in [2.05, 4.69) is 15.4 Å². The first-order valence-electron chi connectivity index (χ1n) is 11.5. The molecule has 17 heteroatoms. The van der Waals surface area contributed by atoms with Crippen molar-refractivity contribution >= 4 is 23.7 Å². The van der Waals surface area contributed by atoms with Crippen molar-refractivity contribution in [1.29, 1.82) is 0 Å². The highest BCUT2D eigenvalue weighted by Gasteiger charge is 2.38. The molecule has 0 aromatic carbocycles. The SMILES string of the molecule is CNC(=O)c1cc2c(nc1N(C)C)CCN(Cc1c(C)noc1C)CC2.O=C(O)C(F)(F)F.O=C(O)C(F)(F)F. The predicted octanol–water partition coefficient (Wildman–Crippen LogP) is 2.98. The van der Waals surface area contributed by atoms with Gasteiger partial charge in [0.05, 0.1) is 11.3 Å². The molecule has 2 aromatic rings. The van der Waals surface area contributed by atoms with Gasteiger partial charge in [-0.3, -0.25) is 9.69 Å². The molecule has 0 spiro atoms.